The highest BCUT2D eigenvalue weighted by molar-refractivity contribution is 6.31. The molecule has 0 radical (unpaired) electrons. The first-order valence-corrected chi connectivity index (χ1v) is 7.49. The summed E-state index contributed by atoms with van der Waals surface area (Å²) in [5.74, 6) is -0.0603. The third-order valence-electron chi connectivity index (χ3n) is 3.64. The van der Waals surface area contributed by atoms with Gasteiger partial charge < -0.3 is 9.88 Å². The summed E-state index contributed by atoms with van der Waals surface area (Å²) in [6, 6.07) is 9.82. The maximum absolute atomic E-state index is 12.4. The van der Waals surface area contributed by atoms with Gasteiger partial charge >= 0.3 is 0 Å². The van der Waals surface area contributed by atoms with E-state index in [2.05, 4.69) is 23.7 Å². The minimum Gasteiger partial charge on any atom is -0.348 e. The maximum atomic E-state index is 12.4. The van der Waals surface area contributed by atoms with Crippen LogP contribution in [0.3, 0.4) is 0 Å². The Morgan fingerprint density at radius 3 is 2.52 bits per heavy atom. The molecule has 0 aliphatic rings. The molecule has 2 aromatic rings. The van der Waals surface area contributed by atoms with Crippen molar-refractivity contribution in [2.75, 3.05) is 0 Å². The van der Waals surface area contributed by atoms with Crippen LogP contribution in [0.25, 0.3) is 0 Å². The maximum Gasteiger partial charge on any atom is 0.253 e. The quantitative estimate of drug-likeness (QED) is 0.899. The number of halogens is 1. The van der Waals surface area contributed by atoms with Crippen LogP contribution < -0.4 is 5.32 Å². The van der Waals surface area contributed by atoms with Crippen LogP contribution in [0.15, 0.2) is 30.3 Å². The number of amides is 1. The van der Waals surface area contributed by atoms with E-state index in [-0.39, 0.29) is 5.91 Å². The van der Waals surface area contributed by atoms with E-state index in [0.717, 1.165) is 22.5 Å². The van der Waals surface area contributed by atoms with Gasteiger partial charge in [0.05, 0.1) is 5.56 Å². The summed E-state index contributed by atoms with van der Waals surface area (Å²) in [5.41, 5.74) is 3.75. The molecule has 0 atom stereocenters. The van der Waals surface area contributed by atoms with E-state index in [4.69, 9.17) is 11.6 Å². The number of benzene rings is 1. The second kappa shape index (κ2) is 6.35. The number of aryl methyl sites for hydroxylation is 1. The predicted octanol–water partition coefficient (Wildman–Crippen LogP) is 4.27. The van der Waals surface area contributed by atoms with Crippen molar-refractivity contribution in [1.82, 2.24) is 9.88 Å². The van der Waals surface area contributed by atoms with Crippen LogP contribution in [0.1, 0.15) is 47.2 Å². The lowest BCUT2D eigenvalue weighted by Gasteiger charge is -2.13. The van der Waals surface area contributed by atoms with Crippen molar-refractivity contribution >= 4 is 17.5 Å². The third-order valence-corrected chi connectivity index (χ3v) is 4.01. The van der Waals surface area contributed by atoms with Crippen LogP contribution in [0.5, 0.6) is 0 Å². The molecule has 4 heteroatoms. The highest BCUT2D eigenvalue weighted by Gasteiger charge is 2.16. The van der Waals surface area contributed by atoms with Gasteiger partial charge in [0.1, 0.15) is 0 Å². The van der Waals surface area contributed by atoms with E-state index in [1.807, 2.05) is 44.2 Å². The van der Waals surface area contributed by atoms with Crippen molar-refractivity contribution in [2.45, 2.75) is 40.3 Å². The Hall–Kier alpha value is -1.74. The van der Waals surface area contributed by atoms with E-state index < -0.39 is 0 Å². The van der Waals surface area contributed by atoms with Crippen LogP contribution in [0.4, 0.5) is 0 Å². The zero-order valence-electron chi connectivity index (χ0n) is 12.9. The molecule has 1 aromatic carbocycles. The zero-order valence-corrected chi connectivity index (χ0v) is 13.7. The molecule has 1 heterocycles. The number of nitrogens with zero attached hydrogens (tertiary/aromatic N) is 1. The van der Waals surface area contributed by atoms with Crippen LogP contribution in [0, 0.1) is 13.8 Å². The van der Waals surface area contributed by atoms with Gasteiger partial charge in [-0.1, -0.05) is 29.8 Å². The zero-order chi connectivity index (χ0) is 15.6. The molecular formula is C17H21ClN2O. The normalized spacial score (nSPS) is 11.0. The summed E-state index contributed by atoms with van der Waals surface area (Å²) in [5, 5.41) is 3.61. The van der Waals surface area contributed by atoms with Crippen LogP contribution in [-0.2, 0) is 6.54 Å². The summed E-state index contributed by atoms with van der Waals surface area (Å²) in [4.78, 5) is 12.4. The Morgan fingerprint density at radius 2 is 1.95 bits per heavy atom. The largest absolute Gasteiger partial charge is 0.348 e. The number of carbonyl (C=O) groups excluding carboxylic acids is 1. The molecule has 0 saturated carbocycles. The lowest BCUT2D eigenvalue weighted by Crippen LogP contribution is -2.23. The van der Waals surface area contributed by atoms with E-state index in [1.54, 1.807) is 0 Å². The number of carbonyl (C=O) groups is 1. The van der Waals surface area contributed by atoms with E-state index in [0.29, 0.717) is 17.6 Å². The average molecular weight is 305 g/mol. The SMILES string of the molecule is Cc1cc(C(=O)NCc2ccccc2Cl)c(C)n1C(C)C. The minimum absolute atomic E-state index is 0.0603. The van der Waals surface area contributed by atoms with Crippen molar-refractivity contribution in [1.29, 1.82) is 0 Å². The highest BCUT2D eigenvalue weighted by Crippen LogP contribution is 2.20. The first kappa shape index (κ1) is 15.6. The molecule has 2 rings (SSSR count). The number of hydrogen-bond donors (Lipinski definition) is 1. The molecule has 0 aliphatic heterocycles. The monoisotopic (exact) mass is 304 g/mol. The van der Waals surface area contributed by atoms with Gasteiger partial charge in [-0.25, -0.2) is 0 Å². The fourth-order valence-corrected chi connectivity index (χ4v) is 2.92. The number of aromatic nitrogens is 1. The molecule has 0 fully saturated rings. The summed E-state index contributed by atoms with van der Waals surface area (Å²) in [6.45, 7) is 8.68. The molecule has 112 valence electrons. The number of hydrogen-bond acceptors (Lipinski definition) is 1. The van der Waals surface area contributed by atoms with Crippen molar-refractivity contribution < 1.29 is 4.79 Å². The van der Waals surface area contributed by atoms with Gasteiger partial charge in [-0.3, -0.25) is 4.79 Å². The molecule has 0 unspecified atom stereocenters. The van der Waals surface area contributed by atoms with Crippen molar-refractivity contribution in [3.63, 3.8) is 0 Å². The van der Waals surface area contributed by atoms with E-state index in [9.17, 15) is 4.79 Å². The second-order valence-electron chi connectivity index (χ2n) is 5.52. The molecule has 0 saturated heterocycles. The third kappa shape index (κ3) is 3.30. The van der Waals surface area contributed by atoms with Crippen LogP contribution in [0.2, 0.25) is 5.02 Å². The topological polar surface area (TPSA) is 34.0 Å². The summed E-state index contributed by atoms with van der Waals surface area (Å²) in [6.07, 6.45) is 0. The molecule has 21 heavy (non-hydrogen) atoms. The Bertz CT molecular complexity index is 659. The molecule has 1 N–H and O–H groups in total. The number of nitrogens with one attached hydrogen (secondary N) is 1. The lowest BCUT2D eigenvalue weighted by molar-refractivity contribution is 0.0950. The van der Waals surface area contributed by atoms with Gasteiger partial charge in [0.15, 0.2) is 0 Å². The molecule has 3 nitrogen and oxygen atoms in total. The van der Waals surface area contributed by atoms with Crippen molar-refractivity contribution in [3.8, 4) is 0 Å². The average Bonchev–Trinajstić information content (AvgIpc) is 2.73. The summed E-state index contributed by atoms with van der Waals surface area (Å²) in [7, 11) is 0. The van der Waals surface area contributed by atoms with Crippen molar-refractivity contribution in [2.24, 2.45) is 0 Å². The van der Waals surface area contributed by atoms with Gasteiger partial charge in [-0.15, -0.1) is 0 Å². The van der Waals surface area contributed by atoms with Gasteiger partial charge in [0, 0.05) is 29.0 Å². The number of rotatable bonds is 4. The molecule has 0 spiro atoms. The van der Waals surface area contributed by atoms with Gasteiger partial charge in [0.2, 0.25) is 0 Å². The molecule has 1 amide bonds. The smallest absolute Gasteiger partial charge is 0.253 e. The van der Waals surface area contributed by atoms with Crippen molar-refractivity contribution in [3.05, 3.63) is 57.9 Å². The molecular weight excluding hydrogens is 284 g/mol. The molecule has 0 aliphatic carbocycles. The second-order valence-corrected chi connectivity index (χ2v) is 5.93. The molecule has 0 bridgehead atoms. The Labute approximate surface area is 130 Å². The van der Waals surface area contributed by atoms with Crippen LogP contribution in [-0.4, -0.2) is 10.5 Å². The van der Waals surface area contributed by atoms with E-state index >= 15 is 0 Å². The molecule has 1 aromatic heterocycles. The first-order valence-electron chi connectivity index (χ1n) is 7.12. The predicted molar refractivity (Wildman–Crippen MR) is 86.9 cm³/mol. The Morgan fingerprint density at radius 1 is 1.29 bits per heavy atom. The lowest BCUT2D eigenvalue weighted by atomic mass is 10.2. The van der Waals surface area contributed by atoms with Crippen LogP contribution >= 0.6 is 11.6 Å². The Kier molecular flexibility index (Phi) is 4.73. The van der Waals surface area contributed by atoms with Gasteiger partial charge in [-0.05, 0) is 45.4 Å². The van der Waals surface area contributed by atoms with Gasteiger partial charge in [0.25, 0.3) is 5.91 Å². The summed E-state index contributed by atoms with van der Waals surface area (Å²) < 4.78 is 2.17. The first-order chi connectivity index (χ1) is 9.91. The highest BCUT2D eigenvalue weighted by atomic mass is 35.5. The Balaban J connectivity index is 2.15. The van der Waals surface area contributed by atoms with E-state index in [1.165, 1.54) is 0 Å². The van der Waals surface area contributed by atoms with Gasteiger partial charge in [-0.2, -0.15) is 0 Å². The fraction of sp³-hybridized carbons (Fsp3) is 0.353. The minimum atomic E-state index is -0.0603. The standard InChI is InChI=1S/C17H21ClN2O/c1-11(2)20-12(3)9-15(13(20)4)17(21)19-10-14-7-5-6-8-16(14)18/h5-9,11H,10H2,1-4H3,(H,19,21). The summed E-state index contributed by atoms with van der Waals surface area (Å²) >= 11 is 6.10. The fourth-order valence-electron chi connectivity index (χ4n) is 2.71.